The van der Waals surface area contributed by atoms with Gasteiger partial charge in [0.1, 0.15) is 6.07 Å². The predicted molar refractivity (Wildman–Crippen MR) is 59.4 cm³/mol. The summed E-state index contributed by atoms with van der Waals surface area (Å²) in [5.41, 5.74) is -8.02. The van der Waals surface area contributed by atoms with E-state index in [2.05, 4.69) is 4.74 Å². The van der Waals surface area contributed by atoms with Gasteiger partial charge in [0.05, 0.1) is 23.8 Å². The number of nitriles is 1. The number of carbonyl (C=O) groups excluding carboxylic acids is 1. The summed E-state index contributed by atoms with van der Waals surface area (Å²) in [5, 5.41) is 8.75. The fourth-order valence-corrected chi connectivity index (χ4v) is 2.09. The molecule has 1 aromatic rings. The van der Waals surface area contributed by atoms with Gasteiger partial charge in [0.25, 0.3) is 0 Å². The van der Waals surface area contributed by atoms with Gasteiger partial charge in [-0.05, 0) is 23.9 Å². The highest BCUT2D eigenvalue weighted by molar-refractivity contribution is 8.00. The van der Waals surface area contributed by atoms with Crippen LogP contribution >= 0.6 is 11.8 Å². The summed E-state index contributed by atoms with van der Waals surface area (Å²) in [6, 6.07) is 1.91. The van der Waals surface area contributed by atoms with Crippen LogP contribution in [0.15, 0.2) is 17.0 Å². The number of benzene rings is 1. The first kappa shape index (κ1) is 17.2. The van der Waals surface area contributed by atoms with Crippen LogP contribution in [-0.4, -0.2) is 18.6 Å². The van der Waals surface area contributed by atoms with E-state index in [1.165, 1.54) is 6.07 Å². The molecule has 0 aromatic heterocycles. The molecule has 114 valence electrons. The van der Waals surface area contributed by atoms with Gasteiger partial charge in [-0.25, -0.2) is 4.79 Å². The van der Waals surface area contributed by atoms with Crippen molar-refractivity contribution in [1.29, 1.82) is 5.26 Å². The smallest absolute Gasteiger partial charge is 0.446 e. The highest BCUT2D eigenvalue weighted by atomic mass is 32.2. The van der Waals surface area contributed by atoms with Crippen LogP contribution in [0, 0.1) is 11.3 Å². The number of hydrogen-bond donors (Lipinski definition) is 0. The van der Waals surface area contributed by atoms with Gasteiger partial charge >= 0.3 is 17.7 Å². The highest BCUT2D eigenvalue weighted by Crippen LogP contribution is 2.44. The van der Waals surface area contributed by atoms with Crippen LogP contribution in [0.2, 0.25) is 0 Å². The Morgan fingerprint density at radius 2 is 1.81 bits per heavy atom. The van der Waals surface area contributed by atoms with Crippen LogP contribution in [0.25, 0.3) is 0 Å². The van der Waals surface area contributed by atoms with Crippen LogP contribution < -0.4 is 0 Å². The third kappa shape index (κ3) is 4.29. The number of esters is 1. The SMILES string of the molecule is COC(=O)c1cc(C(F)(F)F)c(SC(F)(F)F)cc1C#N. The van der Waals surface area contributed by atoms with Crippen molar-refractivity contribution in [2.75, 3.05) is 7.11 Å². The molecule has 10 heteroatoms. The van der Waals surface area contributed by atoms with E-state index in [0.717, 1.165) is 7.11 Å². The van der Waals surface area contributed by atoms with Gasteiger partial charge in [0.15, 0.2) is 0 Å². The number of rotatable bonds is 2. The summed E-state index contributed by atoms with van der Waals surface area (Å²) in [7, 11) is 0.870. The van der Waals surface area contributed by atoms with Gasteiger partial charge in [-0.3, -0.25) is 0 Å². The monoisotopic (exact) mass is 329 g/mol. The van der Waals surface area contributed by atoms with E-state index in [0.29, 0.717) is 6.07 Å². The molecule has 0 aliphatic rings. The average Bonchev–Trinajstić information content (AvgIpc) is 2.34. The maximum atomic E-state index is 12.8. The maximum Gasteiger partial charge on any atom is 0.446 e. The van der Waals surface area contributed by atoms with E-state index in [4.69, 9.17) is 5.26 Å². The standard InChI is InChI=1S/C11H5F6NO2S/c1-20-9(19)6-3-7(10(12,13)14)8(2-5(6)4-18)21-11(15,16)17/h2-3H,1H3. The third-order valence-electron chi connectivity index (χ3n) is 2.18. The molecule has 21 heavy (non-hydrogen) atoms. The van der Waals surface area contributed by atoms with E-state index < -0.39 is 51.0 Å². The molecule has 0 amide bonds. The number of thioether (sulfide) groups is 1. The summed E-state index contributed by atoms with van der Waals surface area (Å²) < 4.78 is 79.4. The van der Waals surface area contributed by atoms with Crippen molar-refractivity contribution in [2.45, 2.75) is 16.6 Å². The van der Waals surface area contributed by atoms with E-state index in [-0.39, 0.29) is 6.07 Å². The Hall–Kier alpha value is -1.89. The number of alkyl halides is 6. The third-order valence-corrected chi connectivity index (χ3v) is 2.97. The second-order valence-electron chi connectivity index (χ2n) is 3.54. The Morgan fingerprint density at radius 1 is 1.24 bits per heavy atom. The average molecular weight is 329 g/mol. The molecular formula is C11H5F6NO2S. The molecule has 1 rings (SSSR count). The second-order valence-corrected chi connectivity index (χ2v) is 4.65. The lowest BCUT2D eigenvalue weighted by Gasteiger charge is -2.15. The Kier molecular flexibility index (Phi) is 4.78. The summed E-state index contributed by atoms with van der Waals surface area (Å²) in [4.78, 5) is 10.1. The molecule has 0 radical (unpaired) electrons. The van der Waals surface area contributed by atoms with Crippen molar-refractivity contribution >= 4 is 17.7 Å². The quantitative estimate of drug-likeness (QED) is 0.468. The zero-order chi connectivity index (χ0) is 16.4. The zero-order valence-electron chi connectivity index (χ0n) is 10.1. The number of nitrogens with zero attached hydrogens (tertiary/aromatic N) is 1. The van der Waals surface area contributed by atoms with Crippen LogP contribution in [0.5, 0.6) is 0 Å². The summed E-state index contributed by atoms with van der Waals surface area (Å²) in [6.07, 6.45) is -5.12. The van der Waals surface area contributed by atoms with Gasteiger partial charge in [0, 0.05) is 4.90 Å². The minimum absolute atomic E-state index is 0.179. The van der Waals surface area contributed by atoms with Crippen molar-refractivity contribution in [2.24, 2.45) is 0 Å². The lowest BCUT2D eigenvalue weighted by molar-refractivity contribution is -0.139. The predicted octanol–water partition coefficient (Wildman–Crippen LogP) is 3.98. The Morgan fingerprint density at radius 3 is 2.19 bits per heavy atom. The van der Waals surface area contributed by atoms with Crippen LogP contribution in [0.4, 0.5) is 26.3 Å². The zero-order valence-corrected chi connectivity index (χ0v) is 10.9. The Labute approximate surface area is 118 Å². The molecule has 0 spiro atoms. The fourth-order valence-electron chi connectivity index (χ4n) is 1.38. The first-order valence-corrected chi connectivity index (χ1v) is 5.80. The number of carbonyl (C=O) groups is 1. The molecule has 0 saturated carbocycles. The van der Waals surface area contributed by atoms with Crippen molar-refractivity contribution in [3.63, 3.8) is 0 Å². The van der Waals surface area contributed by atoms with Gasteiger partial charge in [-0.15, -0.1) is 0 Å². The first-order chi connectivity index (χ1) is 9.49. The molecule has 0 atom stereocenters. The minimum atomic E-state index is -5.12. The van der Waals surface area contributed by atoms with Crippen molar-refractivity contribution in [3.8, 4) is 6.07 Å². The molecule has 0 N–H and O–H groups in total. The molecular weight excluding hydrogens is 324 g/mol. The maximum absolute atomic E-state index is 12.8. The highest BCUT2D eigenvalue weighted by Gasteiger charge is 2.39. The second kappa shape index (κ2) is 5.85. The van der Waals surface area contributed by atoms with Crippen molar-refractivity contribution in [1.82, 2.24) is 0 Å². The molecule has 0 aliphatic carbocycles. The fraction of sp³-hybridized carbons (Fsp3) is 0.273. The molecule has 3 nitrogen and oxygen atoms in total. The topological polar surface area (TPSA) is 50.1 Å². The largest absolute Gasteiger partial charge is 0.465 e. The molecule has 0 heterocycles. The first-order valence-electron chi connectivity index (χ1n) is 4.99. The number of ether oxygens (including phenoxy) is 1. The number of halogens is 6. The normalized spacial score (nSPS) is 11.9. The van der Waals surface area contributed by atoms with E-state index in [9.17, 15) is 31.1 Å². The minimum Gasteiger partial charge on any atom is -0.465 e. The molecule has 0 unspecified atom stereocenters. The molecule has 0 fully saturated rings. The summed E-state index contributed by atoms with van der Waals surface area (Å²) in [5.74, 6) is -1.25. The molecule has 1 aromatic carbocycles. The number of hydrogen-bond acceptors (Lipinski definition) is 4. The van der Waals surface area contributed by atoms with Gasteiger partial charge in [-0.2, -0.15) is 31.6 Å². The summed E-state index contributed by atoms with van der Waals surface area (Å²) in [6.45, 7) is 0. The van der Waals surface area contributed by atoms with Crippen LogP contribution in [-0.2, 0) is 10.9 Å². The van der Waals surface area contributed by atoms with Crippen molar-refractivity contribution < 1.29 is 35.9 Å². The Balaban J connectivity index is 3.58. The molecule has 0 aliphatic heterocycles. The number of methoxy groups -OCH3 is 1. The summed E-state index contributed by atoms with van der Waals surface area (Å²) >= 11 is -1.01. The van der Waals surface area contributed by atoms with Gasteiger partial charge in [-0.1, -0.05) is 0 Å². The lowest BCUT2D eigenvalue weighted by Crippen LogP contribution is -2.13. The lowest BCUT2D eigenvalue weighted by atomic mass is 10.0. The van der Waals surface area contributed by atoms with Gasteiger partial charge < -0.3 is 4.74 Å². The van der Waals surface area contributed by atoms with Gasteiger partial charge in [0.2, 0.25) is 0 Å². The van der Waals surface area contributed by atoms with E-state index in [1.807, 2.05) is 0 Å². The van der Waals surface area contributed by atoms with E-state index >= 15 is 0 Å². The van der Waals surface area contributed by atoms with Crippen molar-refractivity contribution in [3.05, 3.63) is 28.8 Å². The van der Waals surface area contributed by atoms with E-state index in [1.54, 1.807) is 0 Å². The Bertz CT molecular complexity index is 602. The molecule has 0 bridgehead atoms. The van der Waals surface area contributed by atoms with Crippen LogP contribution in [0.1, 0.15) is 21.5 Å². The van der Waals surface area contributed by atoms with Crippen LogP contribution in [0.3, 0.4) is 0 Å². The molecule has 0 saturated heterocycles.